The Morgan fingerprint density at radius 3 is 2.59 bits per heavy atom. The first kappa shape index (κ1) is 18.4. The molecule has 1 aromatic carbocycles. The molecule has 4 rings (SSSR count). The number of ether oxygens (including phenoxy) is 2. The molecule has 2 fully saturated rings. The fraction of sp³-hybridized carbons (Fsp3) is 0.667. The van der Waals surface area contributed by atoms with Gasteiger partial charge in [0, 0.05) is 30.9 Å². The topological polar surface area (TPSA) is 68.0 Å². The Morgan fingerprint density at radius 1 is 1.22 bits per heavy atom. The van der Waals surface area contributed by atoms with Crippen molar-refractivity contribution in [3.05, 3.63) is 23.8 Å². The van der Waals surface area contributed by atoms with Gasteiger partial charge in [-0.15, -0.1) is 0 Å². The molecule has 0 radical (unpaired) electrons. The molecule has 27 heavy (non-hydrogen) atoms. The number of amides is 1. The van der Waals surface area contributed by atoms with Crippen molar-refractivity contribution in [1.29, 1.82) is 0 Å². The number of rotatable bonds is 1. The van der Waals surface area contributed by atoms with Crippen molar-refractivity contribution in [3.8, 4) is 5.75 Å². The summed E-state index contributed by atoms with van der Waals surface area (Å²) >= 11 is 0. The average molecular weight is 373 g/mol. The summed E-state index contributed by atoms with van der Waals surface area (Å²) in [7, 11) is 0. The number of hydrogen-bond donors (Lipinski definition) is 1. The third-order valence-electron chi connectivity index (χ3n) is 5.68. The van der Waals surface area contributed by atoms with Crippen LogP contribution in [-0.4, -0.2) is 54.4 Å². The Morgan fingerprint density at radius 2 is 1.93 bits per heavy atom. The van der Waals surface area contributed by atoms with Crippen molar-refractivity contribution >= 4 is 11.8 Å². The zero-order valence-corrected chi connectivity index (χ0v) is 16.6. The van der Waals surface area contributed by atoms with Gasteiger partial charge in [-0.3, -0.25) is 4.90 Å². The molecule has 3 atom stereocenters. The molecule has 0 aliphatic carbocycles. The molecule has 3 aliphatic heterocycles. The average Bonchev–Trinajstić information content (AvgIpc) is 2.58. The molecular weight excluding hydrogens is 342 g/mol. The minimum absolute atomic E-state index is 0.0834. The maximum absolute atomic E-state index is 12.7. The number of carbonyl (C=O) groups is 1. The van der Waals surface area contributed by atoms with Crippen LogP contribution in [-0.2, 0) is 11.2 Å². The van der Waals surface area contributed by atoms with Crippen LogP contribution in [0.3, 0.4) is 0 Å². The number of anilines is 1. The lowest BCUT2D eigenvalue weighted by Gasteiger charge is -2.50. The maximum Gasteiger partial charge on any atom is 0.410 e. The lowest BCUT2D eigenvalue weighted by atomic mass is 9.91. The molecule has 0 saturated carbocycles. The molecule has 1 amide bonds. The van der Waals surface area contributed by atoms with Gasteiger partial charge >= 0.3 is 6.09 Å². The SMILES string of the molecule is CC(C)(C)OC(=O)N1C2CCCC1CN(c1ccc3c(c1)OCC(N)C3)C2. The minimum Gasteiger partial charge on any atom is -0.492 e. The van der Waals surface area contributed by atoms with E-state index in [4.69, 9.17) is 15.2 Å². The zero-order valence-electron chi connectivity index (χ0n) is 16.6. The van der Waals surface area contributed by atoms with Crippen LogP contribution in [0.1, 0.15) is 45.6 Å². The summed E-state index contributed by atoms with van der Waals surface area (Å²) in [5, 5.41) is 0. The van der Waals surface area contributed by atoms with Crippen molar-refractivity contribution in [2.45, 2.75) is 70.2 Å². The highest BCUT2D eigenvalue weighted by Crippen LogP contribution is 2.35. The summed E-state index contributed by atoms with van der Waals surface area (Å²) in [6.07, 6.45) is 3.94. The van der Waals surface area contributed by atoms with Crippen LogP contribution in [0.2, 0.25) is 0 Å². The Kier molecular flexibility index (Phi) is 4.70. The first-order valence-electron chi connectivity index (χ1n) is 10.1. The first-order chi connectivity index (χ1) is 12.8. The van der Waals surface area contributed by atoms with Gasteiger partial charge in [0.25, 0.3) is 0 Å². The summed E-state index contributed by atoms with van der Waals surface area (Å²) < 4.78 is 11.5. The minimum atomic E-state index is -0.459. The molecule has 3 aliphatic rings. The van der Waals surface area contributed by atoms with Gasteiger partial charge in [0.05, 0.1) is 12.1 Å². The quantitative estimate of drug-likeness (QED) is 0.820. The number of carbonyl (C=O) groups excluding carboxylic acids is 1. The van der Waals surface area contributed by atoms with E-state index in [2.05, 4.69) is 23.1 Å². The number of fused-ring (bicyclic) bond motifs is 3. The second-order valence-electron chi connectivity index (χ2n) is 9.10. The lowest BCUT2D eigenvalue weighted by Crippen LogP contribution is -2.63. The standard InChI is InChI=1S/C21H31N3O3/c1-21(2,3)27-20(25)24-17-5-4-6-18(24)12-23(11-17)16-8-7-14-9-15(22)13-26-19(14)10-16/h7-8,10,15,17-18H,4-6,9,11-13,22H2,1-3H3. The largest absolute Gasteiger partial charge is 0.492 e. The Balaban J connectivity index is 1.51. The van der Waals surface area contributed by atoms with Crippen LogP contribution in [0, 0.1) is 0 Å². The van der Waals surface area contributed by atoms with Crippen LogP contribution < -0.4 is 15.4 Å². The van der Waals surface area contributed by atoms with E-state index in [1.54, 1.807) is 0 Å². The maximum atomic E-state index is 12.7. The van der Waals surface area contributed by atoms with E-state index in [-0.39, 0.29) is 24.2 Å². The van der Waals surface area contributed by atoms with Crippen molar-refractivity contribution in [2.75, 3.05) is 24.6 Å². The van der Waals surface area contributed by atoms with E-state index in [0.717, 1.165) is 38.1 Å². The summed E-state index contributed by atoms with van der Waals surface area (Å²) in [4.78, 5) is 17.1. The van der Waals surface area contributed by atoms with Gasteiger partial charge in [-0.25, -0.2) is 4.79 Å². The highest BCUT2D eigenvalue weighted by molar-refractivity contribution is 5.70. The number of nitrogens with two attached hydrogens (primary N) is 1. The number of piperazine rings is 1. The summed E-state index contributed by atoms with van der Waals surface area (Å²) in [5.74, 6) is 0.953. The van der Waals surface area contributed by atoms with Crippen molar-refractivity contribution in [3.63, 3.8) is 0 Å². The summed E-state index contributed by atoms with van der Waals surface area (Å²) in [6, 6.07) is 6.94. The molecule has 3 heterocycles. The smallest absolute Gasteiger partial charge is 0.410 e. The molecule has 148 valence electrons. The third kappa shape index (κ3) is 3.86. The van der Waals surface area contributed by atoms with E-state index < -0.39 is 5.60 Å². The van der Waals surface area contributed by atoms with Crippen LogP contribution in [0.4, 0.5) is 10.5 Å². The molecule has 0 aromatic heterocycles. The van der Waals surface area contributed by atoms with E-state index >= 15 is 0 Å². The highest BCUT2D eigenvalue weighted by atomic mass is 16.6. The summed E-state index contributed by atoms with van der Waals surface area (Å²) in [6.45, 7) is 8.04. The summed E-state index contributed by atoms with van der Waals surface area (Å²) in [5.41, 5.74) is 7.89. The molecule has 3 unspecified atom stereocenters. The number of hydrogen-bond acceptors (Lipinski definition) is 5. The van der Waals surface area contributed by atoms with Crippen molar-refractivity contribution in [2.24, 2.45) is 5.73 Å². The van der Waals surface area contributed by atoms with Gasteiger partial charge in [-0.1, -0.05) is 6.07 Å². The normalized spacial score (nSPS) is 27.6. The van der Waals surface area contributed by atoms with Gasteiger partial charge in [-0.2, -0.15) is 0 Å². The number of nitrogens with zero attached hydrogens (tertiary/aromatic N) is 2. The zero-order chi connectivity index (χ0) is 19.2. The molecular formula is C21H31N3O3. The predicted molar refractivity (Wildman–Crippen MR) is 105 cm³/mol. The molecule has 1 aromatic rings. The van der Waals surface area contributed by atoms with E-state index in [1.165, 1.54) is 17.7 Å². The molecule has 6 heteroatoms. The Hall–Kier alpha value is -1.95. The van der Waals surface area contributed by atoms with Gasteiger partial charge in [0.2, 0.25) is 0 Å². The monoisotopic (exact) mass is 373 g/mol. The van der Waals surface area contributed by atoms with Crippen molar-refractivity contribution in [1.82, 2.24) is 4.90 Å². The second kappa shape index (κ2) is 6.89. The first-order valence-corrected chi connectivity index (χ1v) is 10.1. The second-order valence-corrected chi connectivity index (χ2v) is 9.10. The van der Waals surface area contributed by atoms with Crippen LogP contribution in [0.5, 0.6) is 5.75 Å². The molecule has 6 nitrogen and oxygen atoms in total. The molecule has 2 bridgehead atoms. The molecule has 2 N–H and O–H groups in total. The fourth-order valence-electron chi connectivity index (χ4n) is 4.51. The van der Waals surface area contributed by atoms with Crippen molar-refractivity contribution < 1.29 is 14.3 Å². The van der Waals surface area contributed by atoms with E-state index in [1.807, 2.05) is 25.7 Å². The number of benzene rings is 1. The third-order valence-corrected chi connectivity index (χ3v) is 5.68. The molecule has 0 spiro atoms. The number of piperidine rings is 1. The van der Waals surface area contributed by atoms with Crippen LogP contribution in [0.25, 0.3) is 0 Å². The highest BCUT2D eigenvalue weighted by Gasteiger charge is 2.42. The predicted octanol–water partition coefficient (Wildman–Crippen LogP) is 2.93. The van der Waals surface area contributed by atoms with Gasteiger partial charge < -0.3 is 20.1 Å². The van der Waals surface area contributed by atoms with E-state index in [0.29, 0.717) is 6.61 Å². The Labute approximate surface area is 161 Å². The van der Waals surface area contributed by atoms with Gasteiger partial charge in [-0.05, 0) is 58.1 Å². The van der Waals surface area contributed by atoms with Crippen LogP contribution in [0.15, 0.2) is 18.2 Å². The Bertz CT molecular complexity index is 701. The fourth-order valence-corrected chi connectivity index (χ4v) is 4.51. The lowest BCUT2D eigenvalue weighted by molar-refractivity contribution is -0.00969. The van der Waals surface area contributed by atoms with Gasteiger partial charge in [0.15, 0.2) is 0 Å². The van der Waals surface area contributed by atoms with Crippen LogP contribution >= 0.6 is 0 Å². The molecule has 2 saturated heterocycles. The van der Waals surface area contributed by atoms with E-state index in [9.17, 15) is 4.79 Å². The van der Waals surface area contributed by atoms with Gasteiger partial charge in [0.1, 0.15) is 18.0 Å².